The van der Waals surface area contributed by atoms with Crippen LogP contribution in [0, 0.1) is 5.82 Å². The van der Waals surface area contributed by atoms with Crippen LogP contribution in [-0.4, -0.2) is 32.7 Å². The smallest absolute Gasteiger partial charge is 0.331 e. The maximum Gasteiger partial charge on any atom is 0.331 e. The van der Waals surface area contributed by atoms with E-state index < -0.39 is 24.3 Å². The van der Waals surface area contributed by atoms with Crippen molar-refractivity contribution in [2.24, 2.45) is 0 Å². The van der Waals surface area contributed by atoms with E-state index in [0.717, 1.165) is 12.1 Å². The van der Waals surface area contributed by atoms with Gasteiger partial charge in [0.2, 0.25) is 0 Å². The zero-order valence-corrected chi connectivity index (χ0v) is 15.4. The number of esters is 1. The summed E-state index contributed by atoms with van der Waals surface area (Å²) in [6.45, 7) is -0.558. The Morgan fingerprint density at radius 2 is 1.85 bits per heavy atom. The molecule has 2 aromatic carbocycles. The first-order chi connectivity index (χ1) is 12.9. The Balaban J connectivity index is 1.88. The van der Waals surface area contributed by atoms with Gasteiger partial charge in [0, 0.05) is 11.1 Å². The van der Waals surface area contributed by atoms with E-state index in [0.29, 0.717) is 17.1 Å². The average molecular weight is 394 g/mol. The maximum absolute atomic E-state index is 13.6. The predicted molar refractivity (Wildman–Crippen MR) is 99.6 cm³/mol. The van der Waals surface area contributed by atoms with Gasteiger partial charge in [0.25, 0.3) is 5.91 Å². The standard InChI is InChI=1S/C19H17ClFNO5/c1-25-16-7-3-12(9-17(16)26-2)4-8-19(24)27-11-18(23)22-15-6-5-13(20)10-14(15)21/h3-10H,11H2,1-2H3,(H,22,23)/b8-4+. The molecule has 8 heteroatoms. The number of carbonyl (C=O) groups excluding carboxylic acids is 2. The topological polar surface area (TPSA) is 73.9 Å². The maximum atomic E-state index is 13.6. The molecule has 1 amide bonds. The zero-order valence-electron chi connectivity index (χ0n) is 14.6. The molecular formula is C19H17ClFNO5. The van der Waals surface area contributed by atoms with Gasteiger partial charge in [-0.2, -0.15) is 0 Å². The fourth-order valence-corrected chi connectivity index (χ4v) is 2.24. The molecule has 0 aliphatic heterocycles. The normalized spacial score (nSPS) is 10.5. The molecular weight excluding hydrogens is 377 g/mol. The molecule has 0 radical (unpaired) electrons. The number of anilines is 1. The quantitative estimate of drug-likeness (QED) is 0.573. The molecule has 0 heterocycles. The summed E-state index contributed by atoms with van der Waals surface area (Å²) in [5, 5.41) is 2.50. The molecule has 0 aromatic heterocycles. The van der Waals surface area contributed by atoms with Crippen LogP contribution in [-0.2, 0) is 14.3 Å². The van der Waals surface area contributed by atoms with Crippen molar-refractivity contribution in [1.82, 2.24) is 0 Å². The van der Waals surface area contributed by atoms with Crippen molar-refractivity contribution in [3.05, 3.63) is 58.9 Å². The molecule has 0 atom stereocenters. The molecule has 27 heavy (non-hydrogen) atoms. The second-order valence-corrected chi connectivity index (χ2v) is 5.66. The van der Waals surface area contributed by atoms with E-state index in [9.17, 15) is 14.0 Å². The lowest BCUT2D eigenvalue weighted by molar-refractivity contribution is -0.142. The number of nitrogens with one attached hydrogen (secondary N) is 1. The number of ether oxygens (including phenoxy) is 3. The largest absolute Gasteiger partial charge is 0.493 e. The third kappa shape index (κ3) is 6.00. The Morgan fingerprint density at radius 3 is 2.52 bits per heavy atom. The third-order valence-electron chi connectivity index (χ3n) is 3.37. The van der Waals surface area contributed by atoms with E-state index in [1.165, 1.54) is 32.4 Å². The van der Waals surface area contributed by atoms with Crippen molar-refractivity contribution >= 4 is 35.2 Å². The van der Waals surface area contributed by atoms with E-state index in [1.54, 1.807) is 18.2 Å². The number of carbonyl (C=O) groups is 2. The van der Waals surface area contributed by atoms with Crippen LogP contribution in [0.1, 0.15) is 5.56 Å². The van der Waals surface area contributed by atoms with E-state index in [-0.39, 0.29) is 10.7 Å². The van der Waals surface area contributed by atoms with Gasteiger partial charge in [-0.1, -0.05) is 17.7 Å². The van der Waals surface area contributed by atoms with Crippen LogP contribution in [0.5, 0.6) is 11.5 Å². The first-order valence-corrected chi connectivity index (χ1v) is 8.12. The molecule has 0 saturated carbocycles. The summed E-state index contributed by atoms with van der Waals surface area (Å²) in [6.07, 6.45) is 2.67. The highest BCUT2D eigenvalue weighted by Crippen LogP contribution is 2.28. The van der Waals surface area contributed by atoms with Crippen molar-refractivity contribution in [2.75, 3.05) is 26.1 Å². The molecule has 6 nitrogen and oxygen atoms in total. The average Bonchev–Trinajstić information content (AvgIpc) is 2.66. The summed E-state index contributed by atoms with van der Waals surface area (Å²) in [7, 11) is 3.02. The third-order valence-corrected chi connectivity index (χ3v) is 3.61. The van der Waals surface area contributed by atoms with Crippen molar-refractivity contribution in [3.8, 4) is 11.5 Å². The SMILES string of the molecule is COc1ccc(/C=C/C(=O)OCC(=O)Nc2ccc(Cl)cc2F)cc1OC. The van der Waals surface area contributed by atoms with Gasteiger partial charge in [-0.25, -0.2) is 9.18 Å². The van der Waals surface area contributed by atoms with Crippen LogP contribution >= 0.6 is 11.6 Å². The summed E-state index contributed by atoms with van der Waals surface area (Å²) in [5.74, 6) is -1.02. The molecule has 0 bridgehead atoms. The Labute approximate surface area is 160 Å². The number of hydrogen-bond acceptors (Lipinski definition) is 5. The fourth-order valence-electron chi connectivity index (χ4n) is 2.08. The zero-order chi connectivity index (χ0) is 19.8. The van der Waals surface area contributed by atoms with Crippen molar-refractivity contribution in [3.63, 3.8) is 0 Å². The number of hydrogen-bond donors (Lipinski definition) is 1. The minimum absolute atomic E-state index is 0.0543. The second kappa shape index (κ2) is 9.59. The number of benzene rings is 2. The highest BCUT2D eigenvalue weighted by molar-refractivity contribution is 6.30. The van der Waals surface area contributed by atoms with Crippen LogP contribution < -0.4 is 14.8 Å². The van der Waals surface area contributed by atoms with Gasteiger partial charge in [-0.05, 0) is 42.0 Å². The van der Waals surface area contributed by atoms with Crippen molar-refractivity contribution < 1.29 is 28.2 Å². The van der Waals surface area contributed by atoms with Gasteiger partial charge >= 0.3 is 5.97 Å². The molecule has 0 aliphatic rings. The molecule has 0 fully saturated rings. The molecule has 0 saturated heterocycles. The van der Waals surface area contributed by atoms with E-state index in [2.05, 4.69) is 5.32 Å². The highest BCUT2D eigenvalue weighted by atomic mass is 35.5. The lowest BCUT2D eigenvalue weighted by atomic mass is 10.2. The molecule has 2 aromatic rings. The summed E-state index contributed by atoms with van der Waals surface area (Å²) in [4.78, 5) is 23.5. The van der Waals surface area contributed by atoms with E-state index in [4.69, 9.17) is 25.8 Å². The minimum atomic E-state index is -0.725. The van der Waals surface area contributed by atoms with E-state index >= 15 is 0 Å². The summed E-state index contributed by atoms with van der Waals surface area (Å²) in [5.41, 5.74) is 0.624. The van der Waals surface area contributed by atoms with E-state index in [1.807, 2.05) is 0 Å². The molecule has 0 spiro atoms. The van der Waals surface area contributed by atoms with Gasteiger partial charge in [0.15, 0.2) is 18.1 Å². The van der Waals surface area contributed by atoms with Crippen LogP contribution in [0.3, 0.4) is 0 Å². The molecule has 142 valence electrons. The summed E-state index contributed by atoms with van der Waals surface area (Å²) < 4.78 is 28.7. The minimum Gasteiger partial charge on any atom is -0.493 e. The monoisotopic (exact) mass is 393 g/mol. The lowest BCUT2D eigenvalue weighted by Crippen LogP contribution is -2.20. The first kappa shape index (κ1) is 20.3. The summed E-state index contributed by atoms with van der Waals surface area (Å²) in [6, 6.07) is 8.90. The Morgan fingerprint density at radius 1 is 1.11 bits per heavy atom. The van der Waals surface area contributed by atoms with Gasteiger partial charge in [0.05, 0.1) is 19.9 Å². The van der Waals surface area contributed by atoms with Gasteiger partial charge in [-0.3, -0.25) is 4.79 Å². The fraction of sp³-hybridized carbons (Fsp3) is 0.158. The highest BCUT2D eigenvalue weighted by Gasteiger charge is 2.09. The Kier molecular flexibility index (Phi) is 7.19. The van der Waals surface area contributed by atoms with Crippen molar-refractivity contribution in [2.45, 2.75) is 0 Å². The number of methoxy groups -OCH3 is 2. The number of halogens is 2. The molecule has 0 aliphatic carbocycles. The van der Waals surface area contributed by atoms with Crippen LogP contribution in [0.4, 0.5) is 10.1 Å². The van der Waals surface area contributed by atoms with Crippen molar-refractivity contribution in [1.29, 1.82) is 0 Å². The number of rotatable bonds is 7. The molecule has 1 N–H and O–H groups in total. The lowest BCUT2D eigenvalue weighted by Gasteiger charge is -2.08. The predicted octanol–water partition coefficient (Wildman–Crippen LogP) is 3.69. The number of amides is 1. The first-order valence-electron chi connectivity index (χ1n) is 7.74. The van der Waals surface area contributed by atoms with Gasteiger partial charge in [-0.15, -0.1) is 0 Å². The van der Waals surface area contributed by atoms with Crippen LogP contribution in [0.25, 0.3) is 6.08 Å². The molecule has 0 unspecified atom stereocenters. The molecule has 2 rings (SSSR count). The second-order valence-electron chi connectivity index (χ2n) is 5.23. The van der Waals surface area contributed by atoms with Crippen LogP contribution in [0.2, 0.25) is 5.02 Å². The van der Waals surface area contributed by atoms with Gasteiger partial charge < -0.3 is 19.5 Å². The van der Waals surface area contributed by atoms with Crippen LogP contribution in [0.15, 0.2) is 42.5 Å². The van der Waals surface area contributed by atoms with Gasteiger partial charge in [0.1, 0.15) is 5.82 Å². The Bertz CT molecular complexity index is 869. The summed E-state index contributed by atoms with van der Waals surface area (Å²) >= 11 is 5.63. The Hall–Kier alpha value is -3.06.